The molecule has 0 unspecified atom stereocenters. The Kier molecular flexibility index (Phi) is 7.13. The van der Waals surface area contributed by atoms with E-state index in [-0.39, 0.29) is 11.9 Å². The minimum absolute atomic E-state index is 0.0465. The van der Waals surface area contributed by atoms with E-state index in [0.717, 1.165) is 19.6 Å². The summed E-state index contributed by atoms with van der Waals surface area (Å²) < 4.78 is 5.26. The fourth-order valence-electron chi connectivity index (χ4n) is 2.97. The third-order valence-corrected chi connectivity index (χ3v) is 5.48. The number of hydrogen-bond acceptors (Lipinski definition) is 5. The molecule has 2 aromatic rings. The highest BCUT2D eigenvalue weighted by molar-refractivity contribution is 7.08. The van der Waals surface area contributed by atoms with Crippen LogP contribution in [-0.4, -0.2) is 68.1 Å². The first-order valence-corrected chi connectivity index (χ1v) is 10.3. The molecule has 1 aliphatic heterocycles. The molecule has 28 heavy (non-hydrogen) atoms. The Labute approximate surface area is 173 Å². The van der Waals surface area contributed by atoms with Gasteiger partial charge in [-0.25, -0.2) is 4.79 Å². The van der Waals surface area contributed by atoms with Crippen LogP contribution in [0.5, 0.6) is 5.75 Å². The number of rotatable bonds is 6. The topological polar surface area (TPSA) is 73.9 Å². The van der Waals surface area contributed by atoms with Gasteiger partial charge in [0, 0.05) is 55.2 Å². The first-order valence-electron chi connectivity index (χ1n) is 8.99. The molecule has 2 N–H and O–H groups in total. The summed E-state index contributed by atoms with van der Waals surface area (Å²) in [4.78, 5) is 28.5. The van der Waals surface area contributed by atoms with Gasteiger partial charge in [0.05, 0.1) is 12.8 Å². The van der Waals surface area contributed by atoms with Crippen LogP contribution in [0.2, 0.25) is 5.02 Å². The standard InChI is InChI=1S/C19H23ClN4O3S/c1-27-17-3-2-15(20)12-16(17)22-19(26)24-9-7-23(8-10-24)6-5-21-18(25)14-4-11-28-13-14/h2-4,11-13H,5-10H2,1H3,(H,21,25)(H,22,26). The van der Waals surface area contributed by atoms with Gasteiger partial charge >= 0.3 is 6.03 Å². The molecule has 2 heterocycles. The molecule has 0 spiro atoms. The third kappa shape index (κ3) is 5.37. The number of amides is 3. The predicted octanol–water partition coefficient (Wildman–Crippen LogP) is 2.99. The summed E-state index contributed by atoms with van der Waals surface area (Å²) in [5.74, 6) is 0.521. The van der Waals surface area contributed by atoms with Gasteiger partial charge in [0.1, 0.15) is 5.75 Å². The molecule has 7 nitrogen and oxygen atoms in total. The van der Waals surface area contributed by atoms with E-state index in [0.29, 0.717) is 41.7 Å². The second-order valence-electron chi connectivity index (χ2n) is 6.37. The number of benzene rings is 1. The Bertz CT molecular complexity index is 808. The second kappa shape index (κ2) is 9.77. The lowest BCUT2D eigenvalue weighted by molar-refractivity contribution is 0.0943. The molecule has 9 heteroatoms. The Hall–Kier alpha value is -2.29. The minimum atomic E-state index is -0.175. The normalized spacial score (nSPS) is 14.6. The molecule has 0 bridgehead atoms. The van der Waals surface area contributed by atoms with Crippen molar-refractivity contribution < 1.29 is 14.3 Å². The average Bonchev–Trinajstić information content (AvgIpc) is 3.23. The zero-order valence-electron chi connectivity index (χ0n) is 15.6. The molecule has 3 amide bonds. The summed E-state index contributed by atoms with van der Waals surface area (Å²) >= 11 is 7.51. The summed E-state index contributed by atoms with van der Waals surface area (Å²) in [6, 6.07) is 6.74. The number of thiophene rings is 1. The van der Waals surface area contributed by atoms with Crippen molar-refractivity contribution in [2.75, 3.05) is 51.7 Å². The van der Waals surface area contributed by atoms with Gasteiger partial charge in [-0.1, -0.05) is 11.6 Å². The molecule has 1 aliphatic rings. The Morgan fingerprint density at radius 1 is 1.21 bits per heavy atom. The van der Waals surface area contributed by atoms with Crippen LogP contribution in [0.4, 0.5) is 10.5 Å². The minimum Gasteiger partial charge on any atom is -0.495 e. The van der Waals surface area contributed by atoms with E-state index in [4.69, 9.17) is 16.3 Å². The maximum absolute atomic E-state index is 12.5. The molecular weight excluding hydrogens is 400 g/mol. The van der Waals surface area contributed by atoms with Crippen molar-refractivity contribution in [1.29, 1.82) is 0 Å². The number of anilines is 1. The van der Waals surface area contributed by atoms with Crippen LogP contribution < -0.4 is 15.4 Å². The zero-order chi connectivity index (χ0) is 19.9. The molecule has 1 aromatic heterocycles. The number of piperazine rings is 1. The molecule has 3 rings (SSSR count). The average molecular weight is 423 g/mol. The Morgan fingerprint density at radius 2 is 2.00 bits per heavy atom. The maximum Gasteiger partial charge on any atom is 0.322 e. The van der Waals surface area contributed by atoms with Crippen molar-refractivity contribution in [2.24, 2.45) is 0 Å². The van der Waals surface area contributed by atoms with E-state index < -0.39 is 0 Å². The fourth-order valence-corrected chi connectivity index (χ4v) is 3.78. The van der Waals surface area contributed by atoms with Gasteiger partial charge in [0.15, 0.2) is 0 Å². The van der Waals surface area contributed by atoms with Gasteiger partial charge in [0.25, 0.3) is 5.91 Å². The van der Waals surface area contributed by atoms with Crippen LogP contribution in [0.3, 0.4) is 0 Å². The number of carbonyl (C=O) groups excluding carboxylic acids is 2. The number of nitrogens with one attached hydrogen (secondary N) is 2. The number of halogens is 1. The predicted molar refractivity (Wildman–Crippen MR) is 112 cm³/mol. The SMILES string of the molecule is COc1ccc(Cl)cc1NC(=O)N1CCN(CCNC(=O)c2ccsc2)CC1. The van der Waals surface area contributed by atoms with Crippen LogP contribution >= 0.6 is 22.9 Å². The zero-order valence-corrected chi connectivity index (χ0v) is 17.2. The largest absolute Gasteiger partial charge is 0.495 e. The number of hydrogen-bond donors (Lipinski definition) is 2. The summed E-state index contributed by atoms with van der Waals surface area (Å²) in [5.41, 5.74) is 1.25. The van der Waals surface area contributed by atoms with Crippen LogP contribution in [0, 0.1) is 0 Å². The van der Waals surface area contributed by atoms with Gasteiger partial charge in [-0.05, 0) is 29.6 Å². The second-order valence-corrected chi connectivity index (χ2v) is 7.59. The molecule has 1 fully saturated rings. The molecule has 0 aliphatic carbocycles. The van der Waals surface area contributed by atoms with Crippen LogP contribution in [0.1, 0.15) is 10.4 Å². The third-order valence-electron chi connectivity index (χ3n) is 4.56. The summed E-state index contributed by atoms with van der Waals surface area (Å²) in [5, 5.41) is 10.0. The quantitative estimate of drug-likeness (QED) is 0.750. The summed E-state index contributed by atoms with van der Waals surface area (Å²) in [7, 11) is 1.55. The lowest BCUT2D eigenvalue weighted by Gasteiger charge is -2.34. The van der Waals surface area contributed by atoms with E-state index in [9.17, 15) is 9.59 Å². The van der Waals surface area contributed by atoms with Crippen molar-refractivity contribution in [2.45, 2.75) is 0 Å². The summed E-state index contributed by atoms with van der Waals surface area (Å²) in [6.07, 6.45) is 0. The van der Waals surface area contributed by atoms with Crippen LogP contribution in [0.25, 0.3) is 0 Å². The fraction of sp³-hybridized carbons (Fsp3) is 0.368. The summed E-state index contributed by atoms with van der Waals surface area (Å²) in [6.45, 7) is 4.09. The number of carbonyl (C=O) groups is 2. The van der Waals surface area contributed by atoms with Crippen molar-refractivity contribution in [3.63, 3.8) is 0 Å². The molecule has 1 saturated heterocycles. The van der Waals surface area contributed by atoms with Crippen molar-refractivity contribution in [3.8, 4) is 5.75 Å². The van der Waals surface area contributed by atoms with Crippen molar-refractivity contribution in [1.82, 2.24) is 15.1 Å². The first-order chi connectivity index (χ1) is 13.6. The van der Waals surface area contributed by atoms with E-state index in [2.05, 4.69) is 15.5 Å². The van der Waals surface area contributed by atoms with Gasteiger partial charge < -0.3 is 20.3 Å². The molecule has 0 radical (unpaired) electrons. The van der Waals surface area contributed by atoms with Gasteiger partial charge in [-0.2, -0.15) is 11.3 Å². The van der Waals surface area contributed by atoms with Crippen molar-refractivity contribution in [3.05, 3.63) is 45.6 Å². The highest BCUT2D eigenvalue weighted by Crippen LogP contribution is 2.28. The Morgan fingerprint density at radius 3 is 2.68 bits per heavy atom. The van der Waals surface area contributed by atoms with E-state index in [1.807, 2.05) is 16.8 Å². The highest BCUT2D eigenvalue weighted by atomic mass is 35.5. The first kappa shape index (κ1) is 20.4. The van der Waals surface area contributed by atoms with E-state index in [1.54, 1.807) is 30.2 Å². The maximum atomic E-state index is 12.5. The lowest BCUT2D eigenvalue weighted by Crippen LogP contribution is -2.51. The molecule has 0 saturated carbocycles. The number of methoxy groups -OCH3 is 1. The molecule has 1 aromatic carbocycles. The lowest BCUT2D eigenvalue weighted by atomic mass is 10.3. The van der Waals surface area contributed by atoms with Crippen LogP contribution in [0.15, 0.2) is 35.0 Å². The number of nitrogens with zero attached hydrogens (tertiary/aromatic N) is 2. The van der Waals surface area contributed by atoms with Crippen molar-refractivity contribution >= 4 is 40.6 Å². The molecular formula is C19H23ClN4O3S. The van der Waals surface area contributed by atoms with E-state index in [1.165, 1.54) is 11.3 Å². The van der Waals surface area contributed by atoms with E-state index >= 15 is 0 Å². The number of urea groups is 1. The monoisotopic (exact) mass is 422 g/mol. The Balaban J connectivity index is 1.42. The number of ether oxygens (including phenoxy) is 1. The van der Waals surface area contributed by atoms with Gasteiger partial charge in [-0.3, -0.25) is 9.69 Å². The molecule has 0 atom stereocenters. The van der Waals surface area contributed by atoms with Gasteiger partial charge in [0.2, 0.25) is 0 Å². The van der Waals surface area contributed by atoms with Crippen LogP contribution in [-0.2, 0) is 0 Å². The van der Waals surface area contributed by atoms with Gasteiger partial charge in [-0.15, -0.1) is 0 Å². The molecule has 150 valence electrons. The smallest absolute Gasteiger partial charge is 0.322 e. The highest BCUT2D eigenvalue weighted by Gasteiger charge is 2.22.